The standard InChI is InChI=1S/C23H16BrF3N6O/c1-33-19-7-6-15(10-17(19)31-22(33)30-14-4-2-13(24)3-5-14)34-16-8-9-28-18(11-16)21-29-12-20(32-21)23(25,26)27/h2-12H,1H3,(H,29,32)(H,30,31). The number of alkyl halides is 3. The van der Waals surface area contributed by atoms with Crippen LogP contribution in [0, 0.1) is 0 Å². The van der Waals surface area contributed by atoms with Crippen LogP contribution in [-0.4, -0.2) is 24.5 Å². The van der Waals surface area contributed by atoms with E-state index in [-0.39, 0.29) is 11.5 Å². The van der Waals surface area contributed by atoms with E-state index in [4.69, 9.17) is 4.74 Å². The van der Waals surface area contributed by atoms with Crippen LogP contribution in [0.4, 0.5) is 24.8 Å². The van der Waals surface area contributed by atoms with Crippen LogP contribution in [0.5, 0.6) is 11.5 Å². The molecule has 0 bridgehead atoms. The van der Waals surface area contributed by atoms with Gasteiger partial charge in [0, 0.05) is 35.5 Å². The molecule has 11 heteroatoms. The molecule has 0 spiro atoms. The Labute approximate surface area is 199 Å². The molecule has 2 aromatic carbocycles. The number of nitrogens with zero attached hydrogens (tertiary/aromatic N) is 4. The molecule has 0 saturated carbocycles. The first-order valence-corrected chi connectivity index (χ1v) is 10.8. The summed E-state index contributed by atoms with van der Waals surface area (Å²) in [5.74, 6) is 1.59. The summed E-state index contributed by atoms with van der Waals surface area (Å²) in [7, 11) is 1.91. The number of halogens is 4. The fourth-order valence-electron chi connectivity index (χ4n) is 3.35. The van der Waals surface area contributed by atoms with E-state index in [1.165, 1.54) is 12.3 Å². The highest BCUT2D eigenvalue weighted by molar-refractivity contribution is 9.10. The second-order valence-electron chi connectivity index (χ2n) is 7.40. The van der Waals surface area contributed by atoms with Gasteiger partial charge in [0.2, 0.25) is 5.95 Å². The highest BCUT2D eigenvalue weighted by Crippen LogP contribution is 2.31. The molecule has 172 valence electrons. The van der Waals surface area contributed by atoms with E-state index in [0.717, 1.165) is 27.4 Å². The Kier molecular flexibility index (Phi) is 5.48. The van der Waals surface area contributed by atoms with E-state index in [9.17, 15) is 13.2 Å². The topological polar surface area (TPSA) is 80.7 Å². The number of nitrogens with one attached hydrogen (secondary N) is 2. The van der Waals surface area contributed by atoms with Gasteiger partial charge >= 0.3 is 6.18 Å². The highest BCUT2D eigenvalue weighted by Gasteiger charge is 2.33. The van der Waals surface area contributed by atoms with Crippen molar-refractivity contribution in [2.75, 3.05) is 5.32 Å². The van der Waals surface area contributed by atoms with Crippen LogP contribution in [0.15, 0.2) is 71.5 Å². The summed E-state index contributed by atoms with van der Waals surface area (Å²) >= 11 is 3.42. The Balaban J connectivity index is 1.38. The monoisotopic (exact) mass is 528 g/mol. The van der Waals surface area contributed by atoms with Crippen molar-refractivity contribution in [3.8, 4) is 23.0 Å². The normalized spacial score (nSPS) is 11.7. The number of aryl methyl sites for hydroxylation is 1. The Bertz CT molecular complexity index is 1480. The van der Waals surface area contributed by atoms with Crippen LogP contribution >= 0.6 is 15.9 Å². The summed E-state index contributed by atoms with van der Waals surface area (Å²) in [4.78, 5) is 14.8. The van der Waals surface area contributed by atoms with Crippen molar-refractivity contribution in [3.05, 3.63) is 77.2 Å². The summed E-state index contributed by atoms with van der Waals surface area (Å²) in [6, 6.07) is 16.3. The van der Waals surface area contributed by atoms with Crippen LogP contribution in [0.1, 0.15) is 5.69 Å². The van der Waals surface area contributed by atoms with Crippen LogP contribution in [0.2, 0.25) is 0 Å². The van der Waals surface area contributed by atoms with E-state index in [2.05, 4.69) is 41.2 Å². The van der Waals surface area contributed by atoms with Crippen LogP contribution in [0.3, 0.4) is 0 Å². The predicted octanol–water partition coefficient (Wildman–Crippen LogP) is 6.68. The zero-order valence-corrected chi connectivity index (χ0v) is 19.1. The number of fused-ring (bicyclic) bond motifs is 1. The second kappa shape index (κ2) is 8.49. The van der Waals surface area contributed by atoms with Gasteiger partial charge in [0.25, 0.3) is 0 Å². The average Bonchev–Trinajstić information content (AvgIpc) is 3.41. The maximum absolute atomic E-state index is 12.8. The summed E-state index contributed by atoms with van der Waals surface area (Å²) in [6.45, 7) is 0. The van der Waals surface area contributed by atoms with E-state index in [0.29, 0.717) is 17.4 Å². The van der Waals surface area contributed by atoms with E-state index >= 15 is 0 Å². The van der Waals surface area contributed by atoms with Crippen molar-refractivity contribution in [2.45, 2.75) is 6.18 Å². The number of aromatic nitrogens is 5. The number of hydrogen-bond donors (Lipinski definition) is 2. The van der Waals surface area contributed by atoms with Gasteiger partial charge in [0.05, 0.1) is 17.2 Å². The number of aromatic amines is 1. The lowest BCUT2D eigenvalue weighted by Gasteiger charge is -2.07. The first kappa shape index (κ1) is 22.0. The SMILES string of the molecule is Cn1c(Nc2ccc(Br)cc2)nc2cc(Oc3ccnc(-c4ncc(C(F)(F)F)[nH]4)c3)ccc21. The van der Waals surface area contributed by atoms with Gasteiger partial charge in [-0.05, 0) is 42.5 Å². The summed E-state index contributed by atoms with van der Waals surface area (Å²) in [5, 5.41) is 3.29. The maximum Gasteiger partial charge on any atom is 0.432 e. The third-order valence-corrected chi connectivity index (χ3v) is 5.57. The number of anilines is 2. The number of pyridine rings is 1. The molecule has 2 N–H and O–H groups in total. The van der Waals surface area contributed by atoms with Crippen molar-refractivity contribution < 1.29 is 17.9 Å². The minimum absolute atomic E-state index is 0.00149. The summed E-state index contributed by atoms with van der Waals surface area (Å²) in [5.41, 5.74) is 1.80. The van der Waals surface area contributed by atoms with Gasteiger partial charge in [0.15, 0.2) is 5.82 Å². The van der Waals surface area contributed by atoms with Crippen molar-refractivity contribution in [1.29, 1.82) is 0 Å². The van der Waals surface area contributed by atoms with Crippen molar-refractivity contribution in [2.24, 2.45) is 7.05 Å². The third kappa shape index (κ3) is 4.46. The van der Waals surface area contributed by atoms with E-state index in [1.54, 1.807) is 18.2 Å². The number of imidazole rings is 2. The average molecular weight is 529 g/mol. The van der Waals surface area contributed by atoms with Gasteiger partial charge in [-0.3, -0.25) is 4.98 Å². The van der Waals surface area contributed by atoms with Crippen molar-refractivity contribution >= 4 is 38.6 Å². The van der Waals surface area contributed by atoms with E-state index in [1.807, 2.05) is 41.9 Å². The minimum Gasteiger partial charge on any atom is -0.457 e. The molecule has 0 unspecified atom stereocenters. The molecule has 0 amide bonds. The molecule has 0 saturated heterocycles. The van der Waals surface area contributed by atoms with Crippen molar-refractivity contribution in [3.63, 3.8) is 0 Å². The number of H-pyrrole nitrogens is 1. The molecule has 5 aromatic rings. The predicted molar refractivity (Wildman–Crippen MR) is 125 cm³/mol. The van der Waals surface area contributed by atoms with Gasteiger partial charge in [0.1, 0.15) is 22.9 Å². The molecule has 0 radical (unpaired) electrons. The highest BCUT2D eigenvalue weighted by atomic mass is 79.9. The quantitative estimate of drug-likeness (QED) is 0.266. The molecule has 3 aromatic heterocycles. The molecule has 0 aliphatic carbocycles. The van der Waals surface area contributed by atoms with Gasteiger partial charge in [-0.15, -0.1) is 0 Å². The lowest BCUT2D eigenvalue weighted by molar-refractivity contribution is -0.140. The lowest BCUT2D eigenvalue weighted by atomic mass is 10.3. The third-order valence-electron chi connectivity index (χ3n) is 5.04. The summed E-state index contributed by atoms with van der Waals surface area (Å²) in [6.07, 6.45) is -2.33. The number of benzene rings is 2. The van der Waals surface area contributed by atoms with Crippen LogP contribution < -0.4 is 10.1 Å². The molecule has 5 rings (SSSR count). The first-order valence-electron chi connectivity index (χ1n) is 10.0. The van der Waals surface area contributed by atoms with E-state index < -0.39 is 11.9 Å². The lowest BCUT2D eigenvalue weighted by Crippen LogP contribution is -2.04. The fourth-order valence-corrected chi connectivity index (χ4v) is 3.62. The van der Waals surface area contributed by atoms with Gasteiger partial charge in [-0.2, -0.15) is 13.2 Å². The number of ether oxygens (including phenoxy) is 1. The second-order valence-corrected chi connectivity index (χ2v) is 8.31. The smallest absolute Gasteiger partial charge is 0.432 e. The molecule has 0 atom stereocenters. The minimum atomic E-state index is -4.51. The Morgan fingerprint density at radius 1 is 1.00 bits per heavy atom. The molecule has 3 heterocycles. The molecule has 34 heavy (non-hydrogen) atoms. The van der Waals surface area contributed by atoms with Crippen LogP contribution in [-0.2, 0) is 13.2 Å². The zero-order valence-electron chi connectivity index (χ0n) is 17.6. The molecule has 0 fully saturated rings. The molecule has 7 nitrogen and oxygen atoms in total. The molecule has 0 aliphatic heterocycles. The maximum atomic E-state index is 12.8. The first-order chi connectivity index (χ1) is 16.3. The van der Waals surface area contributed by atoms with Gasteiger partial charge in [-0.1, -0.05) is 15.9 Å². The van der Waals surface area contributed by atoms with Gasteiger partial charge < -0.3 is 19.6 Å². The number of rotatable bonds is 5. The fraction of sp³-hybridized carbons (Fsp3) is 0.0870. The Morgan fingerprint density at radius 3 is 2.50 bits per heavy atom. The Morgan fingerprint density at radius 2 is 1.76 bits per heavy atom. The van der Waals surface area contributed by atoms with Gasteiger partial charge in [-0.25, -0.2) is 9.97 Å². The Hall–Kier alpha value is -3.86. The van der Waals surface area contributed by atoms with Crippen molar-refractivity contribution in [1.82, 2.24) is 24.5 Å². The largest absolute Gasteiger partial charge is 0.457 e. The van der Waals surface area contributed by atoms with Crippen LogP contribution in [0.25, 0.3) is 22.6 Å². The molecular formula is C23H16BrF3N6O. The molecule has 0 aliphatic rings. The summed E-state index contributed by atoms with van der Waals surface area (Å²) < 4.78 is 47.4. The number of hydrogen-bond acceptors (Lipinski definition) is 5. The molecular weight excluding hydrogens is 513 g/mol. The zero-order chi connectivity index (χ0) is 23.9.